The third kappa shape index (κ3) is 1.92. The van der Waals surface area contributed by atoms with Crippen LogP contribution in [0.2, 0.25) is 0 Å². The Kier molecular flexibility index (Phi) is 2.67. The number of halogens is 1. The van der Waals surface area contributed by atoms with Crippen molar-refractivity contribution < 1.29 is 9.13 Å². The van der Waals surface area contributed by atoms with Gasteiger partial charge in [-0.15, -0.1) is 0 Å². The lowest BCUT2D eigenvalue weighted by Crippen LogP contribution is -2.32. The highest BCUT2D eigenvalue weighted by Gasteiger charge is 2.20. The van der Waals surface area contributed by atoms with E-state index < -0.39 is 0 Å². The number of hydrogen-bond donors (Lipinski definition) is 0. The minimum Gasteiger partial charge on any atom is -0.470 e. The molecule has 0 fully saturated rings. The molecule has 1 aliphatic heterocycles. The zero-order chi connectivity index (χ0) is 12.5. The molecule has 0 amide bonds. The van der Waals surface area contributed by atoms with Gasteiger partial charge >= 0.3 is 0 Å². The molecule has 0 spiro atoms. The molecule has 0 aromatic heterocycles. The lowest BCUT2D eigenvalue weighted by molar-refractivity contribution is 0.274. The van der Waals surface area contributed by atoms with Crippen LogP contribution >= 0.6 is 0 Å². The molecule has 3 heteroatoms. The van der Waals surface area contributed by atoms with E-state index in [1.54, 1.807) is 6.07 Å². The van der Waals surface area contributed by atoms with Gasteiger partial charge in [-0.2, -0.15) is 0 Å². The normalized spacial score (nSPS) is 14.0. The van der Waals surface area contributed by atoms with Gasteiger partial charge in [0.1, 0.15) is 0 Å². The van der Waals surface area contributed by atoms with E-state index in [2.05, 4.69) is 24.0 Å². The fraction of sp³-hybridized carbons (Fsp3) is 0.200. The molecule has 3 rings (SSSR count). The third-order valence-corrected chi connectivity index (χ3v) is 3.14. The van der Waals surface area contributed by atoms with Crippen molar-refractivity contribution in [2.45, 2.75) is 13.5 Å². The summed E-state index contributed by atoms with van der Waals surface area (Å²) in [5.74, 6) is 0.109. The van der Waals surface area contributed by atoms with E-state index in [1.165, 1.54) is 11.6 Å². The molecular formula is C15H14FNO. The second-order valence-electron chi connectivity index (χ2n) is 4.54. The SMILES string of the molecule is Cc1cccc(N2COc3c(F)cccc3C2)c1. The summed E-state index contributed by atoms with van der Waals surface area (Å²) in [6.07, 6.45) is 0. The predicted molar refractivity (Wildman–Crippen MR) is 69.3 cm³/mol. The Morgan fingerprint density at radius 2 is 2.00 bits per heavy atom. The van der Waals surface area contributed by atoms with Crippen molar-refractivity contribution in [2.24, 2.45) is 0 Å². The predicted octanol–water partition coefficient (Wildman–Crippen LogP) is 3.49. The molecule has 0 N–H and O–H groups in total. The minimum absolute atomic E-state index is 0.281. The summed E-state index contributed by atoms with van der Waals surface area (Å²) in [7, 11) is 0. The number of benzene rings is 2. The Morgan fingerprint density at radius 3 is 2.83 bits per heavy atom. The summed E-state index contributed by atoms with van der Waals surface area (Å²) in [4.78, 5) is 2.09. The van der Waals surface area contributed by atoms with Crippen molar-refractivity contribution in [2.75, 3.05) is 11.6 Å². The number of ether oxygens (including phenoxy) is 1. The first-order valence-electron chi connectivity index (χ1n) is 5.96. The molecule has 18 heavy (non-hydrogen) atoms. The Bertz CT molecular complexity index is 582. The van der Waals surface area contributed by atoms with Crippen molar-refractivity contribution in [3.05, 3.63) is 59.4 Å². The number of hydrogen-bond acceptors (Lipinski definition) is 2. The van der Waals surface area contributed by atoms with Gasteiger partial charge in [-0.05, 0) is 30.7 Å². The van der Waals surface area contributed by atoms with Crippen LogP contribution in [-0.2, 0) is 6.54 Å². The molecule has 1 aliphatic rings. The smallest absolute Gasteiger partial charge is 0.165 e. The van der Waals surface area contributed by atoms with Gasteiger partial charge in [0, 0.05) is 17.8 Å². The summed E-state index contributed by atoms with van der Waals surface area (Å²) in [6.45, 7) is 3.12. The molecule has 2 nitrogen and oxygen atoms in total. The van der Waals surface area contributed by atoms with Gasteiger partial charge in [-0.3, -0.25) is 0 Å². The van der Waals surface area contributed by atoms with Crippen molar-refractivity contribution in [1.29, 1.82) is 0 Å². The second kappa shape index (κ2) is 4.33. The zero-order valence-corrected chi connectivity index (χ0v) is 10.2. The standard InChI is InChI=1S/C15H14FNO/c1-11-4-2-6-13(8-11)17-9-12-5-3-7-14(16)15(12)18-10-17/h2-8H,9-10H2,1H3. The Balaban J connectivity index is 1.91. The fourth-order valence-corrected chi connectivity index (χ4v) is 2.22. The molecule has 0 radical (unpaired) electrons. The maximum Gasteiger partial charge on any atom is 0.165 e. The van der Waals surface area contributed by atoms with Crippen LogP contribution in [0.1, 0.15) is 11.1 Å². The summed E-state index contributed by atoms with van der Waals surface area (Å²) in [6, 6.07) is 13.3. The largest absolute Gasteiger partial charge is 0.470 e. The highest BCUT2D eigenvalue weighted by atomic mass is 19.1. The van der Waals surface area contributed by atoms with E-state index in [4.69, 9.17) is 4.74 Å². The first-order valence-corrected chi connectivity index (χ1v) is 5.96. The number of rotatable bonds is 1. The van der Waals surface area contributed by atoms with Gasteiger partial charge in [-0.1, -0.05) is 24.3 Å². The molecule has 2 aromatic rings. The first kappa shape index (κ1) is 11.1. The minimum atomic E-state index is -0.281. The maximum absolute atomic E-state index is 13.5. The topological polar surface area (TPSA) is 12.5 Å². The molecule has 0 unspecified atom stereocenters. The average Bonchev–Trinajstić information content (AvgIpc) is 2.39. The molecule has 0 bridgehead atoms. The number of anilines is 1. The van der Waals surface area contributed by atoms with E-state index in [9.17, 15) is 4.39 Å². The van der Waals surface area contributed by atoms with Crippen LogP contribution in [0.4, 0.5) is 10.1 Å². The van der Waals surface area contributed by atoms with Gasteiger partial charge in [0.15, 0.2) is 18.3 Å². The lowest BCUT2D eigenvalue weighted by atomic mass is 10.1. The Morgan fingerprint density at radius 1 is 1.17 bits per heavy atom. The highest BCUT2D eigenvalue weighted by Crippen LogP contribution is 2.30. The van der Waals surface area contributed by atoms with E-state index in [1.807, 2.05) is 18.2 Å². The Hall–Kier alpha value is -2.03. The summed E-state index contributed by atoms with van der Waals surface area (Å²) < 4.78 is 19.0. The van der Waals surface area contributed by atoms with Crippen molar-refractivity contribution in [3.8, 4) is 5.75 Å². The van der Waals surface area contributed by atoms with Crippen LogP contribution in [0.15, 0.2) is 42.5 Å². The van der Waals surface area contributed by atoms with Crippen LogP contribution in [0.25, 0.3) is 0 Å². The van der Waals surface area contributed by atoms with Crippen LogP contribution in [0.3, 0.4) is 0 Å². The second-order valence-corrected chi connectivity index (χ2v) is 4.54. The third-order valence-electron chi connectivity index (χ3n) is 3.14. The van der Waals surface area contributed by atoms with Crippen LogP contribution in [-0.4, -0.2) is 6.73 Å². The quantitative estimate of drug-likeness (QED) is 0.760. The van der Waals surface area contributed by atoms with Gasteiger partial charge < -0.3 is 9.64 Å². The van der Waals surface area contributed by atoms with Crippen molar-refractivity contribution in [3.63, 3.8) is 0 Å². The zero-order valence-electron chi connectivity index (χ0n) is 10.2. The van der Waals surface area contributed by atoms with E-state index in [0.717, 1.165) is 11.3 Å². The lowest BCUT2D eigenvalue weighted by Gasteiger charge is -2.31. The summed E-state index contributed by atoms with van der Waals surface area (Å²) in [5, 5.41) is 0. The molecule has 0 saturated heterocycles. The van der Waals surface area contributed by atoms with Crippen molar-refractivity contribution in [1.82, 2.24) is 0 Å². The first-order chi connectivity index (χ1) is 8.74. The van der Waals surface area contributed by atoms with Crippen LogP contribution in [0, 0.1) is 12.7 Å². The van der Waals surface area contributed by atoms with Crippen LogP contribution in [0.5, 0.6) is 5.75 Å². The molecule has 0 atom stereocenters. The highest BCUT2D eigenvalue weighted by molar-refractivity contribution is 5.51. The summed E-state index contributed by atoms with van der Waals surface area (Å²) >= 11 is 0. The number of nitrogens with zero attached hydrogens (tertiary/aromatic N) is 1. The molecule has 0 aliphatic carbocycles. The van der Waals surface area contributed by atoms with Crippen LogP contribution < -0.4 is 9.64 Å². The number of para-hydroxylation sites is 1. The van der Waals surface area contributed by atoms with Gasteiger partial charge in [-0.25, -0.2) is 4.39 Å². The van der Waals surface area contributed by atoms with Gasteiger partial charge in [0.25, 0.3) is 0 Å². The molecule has 92 valence electrons. The molecule has 1 heterocycles. The average molecular weight is 243 g/mol. The van der Waals surface area contributed by atoms with E-state index >= 15 is 0 Å². The number of aryl methyl sites for hydroxylation is 1. The Labute approximate surface area is 106 Å². The monoisotopic (exact) mass is 243 g/mol. The number of fused-ring (bicyclic) bond motifs is 1. The van der Waals surface area contributed by atoms with Gasteiger partial charge in [0.05, 0.1) is 0 Å². The summed E-state index contributed by atoms with van der Waals surface area (Å²) in [5.41, 5.74) is 3.20. The molecule has 0 saturated carbocycles. The fourth-order valence-electron chi connectivity index (χ4n) is 2.22. The van der Waals surface area contributed by atoms with Gasteiger partial charge in [0.2, 0.25) is 0 Å². The molecule has 2 aromatic carbocycles. The maximum atomic E-state index is 13.5. The molecular weight excluding hydrogens is 229 g/mol. The van der Waals surface area contributed by atoms with E-state index in [-0.39, 0.29) is 5.82 Å². The van der Waals surface area contributed by atoms with E-state index in [0.29, 0.717) is 19.0 Å². The van der Waals surface area contributed by atoms with Crippen molar-refractivity contribution >= 4 is 5.69 Å².